The third-order valence-electron chi connectivity index (χ3n) is 3.54. The Labute approximate surface area is 96.1 Å². The molecule has 88 valence electrons. The molecule has 1 N–H and O–H groups in total. The summed E-state index contributed by atoms with van der Waals surface area (Å²) < 4.78 is 1.92. The third-order valence-corrected chi connectivity index (χ3v) is 3.54. The first-order valence-corrected chi connectivity index (χ1v) is 6.04. The molecule has 0 bridgehead atoms. The maximum absolute atomic E-state index is 12.5. The smallest absolute Gasteiger partial charge is 0.218 e. The van der Waals surface area contributed by atoms with Crippen LogP contribution in [0.15, 0.2) is 12.4 Å². The SMILES string of the molecule is CCn1ccnc1C(=O)C1(CC)CCCN1. The van der Waals surface area contributed by atoms with E-state index in [0.717, 1.165) is 32.4 Å². The van der Waals surface area contributed by atoms with Gasteiger partial charge in [-0.3, -0.25) is 4.79 Å². The second-order valence-electron chi connectivity index (χ2n) is 4.33. The van der Waals surface area contributed by atoms with Crippen molar-refractivity contribution in [2.75, 3.05) is 6.54 Å². The zero-order valence-electron chi connectivity index (χ0n) is 9.99. The maximum Gasteiger partial charge on any atom is 0.218 e. The first kappa shape index (κ1) is 11.3. The second-order valence-corrected chi connectivity index (χ2v) is 4.33. The molecule has 0 aromatic carbocycles. The fourth-order valence-electron chi connectivity index (χ4n) is 2.45. The Morgan fingerprint density at radius 3 is 3.00 bits per heavy atom. The summed E-state index contributed by atoms with van der Waals surface area (Å²) in [6.07, 6.45) is 6.41. The number of hydrogen-bond acceptors (Lipinski definition) is 3. The van der Waals surface area contributed by atoms with Crippen LogP contribution in [-0.4, -0.2) is 27.4 Å². The van der Waals surface area contributed by atoms with Gasteiger partial charge in [0.05, 0.1) is 5.54 Å². The van der Waals surface area contributed by atoms with E-state index in [1.54, 1.807) is 6.20 Å². The summed E-state index contributed by atoms with van der Waals surface area (Å²) in [7, 11) is 0. The summed E-state index contributed by atoms with van der Waals surface area (Å²) in [5.74, 6) is 0.748. The molecule has 1 aliphatic heterocycles. The number of nitrogens with zero attached hydrogens (tertiary/aromatic N) is 2. The number of hydrogen-bond donors (Lipinski definition) is 1. The van der Waals surface area contributed by atoms with Gasteiger partial charge in [-0.05, 0) is 32.7 Å². The lowest BCUT2D eigenvalue weighted by Crippen LogP contribution is -2.47. The van der Waals surface area contributed by atoms with Crippen LogP contribution < -0.4 is 5.32 Å². The van der Waals surface area contributed by atoms with E-state index < -0.39 is 0 Å². The van der Waals surface area contributed by atoms with E-state index in [0.29, 0.717) is 5.82 Å². The minimum absolute atomic E-state index is 0.152. The molecular formula is C12H19N3O. The molecule has 0 saturated carbocycles. The van der Waals surface area contributed by atoms with Crippen molar-refractivity contribution in [3.05, 3.63) is 18.2 Å². The van der Waals surface area contributed by atoms with Crippen molar-refractivity contribution in [3.8, 4) is 0 Å². The Bertz CT molecular complexity index is 377. The van der Waals surface area contributed by atoms with Gasteiger partial charge in [-0.15, -0.1) is 0 Å². The molecule has 2 heterocycles. The Hall–Kier alpha value is -1.16. The summed E-state index contributed by atoms with van der Waals surface area (Å²) in [6, 6.07) is 0. The van der Waals surface area contributed by atoms with Gasteiger partial charge in [-0.2, -0.15) is 0 Å². The van der Waals surface area contributed by atoms with Crippen LogP contribution in [0.2, 0.25) is 0 Å². The van der Waals surface area contributed by atoms with Crippen molar-refractivity contribution in [2.24, 2.45) is 0 Å². The first-order valence-electron chi connectivity index (χ1n) is 6.04. The van der Waals surface area contributed by atoms with Crippen molar-refractivity contribution in [2.45, 2.75) is 45.2 Å². The minimum Gasteiger partial charge on any atom is -0.329 e. The van der Waals surface area contributed by atoms with Crippen LogP contribution >= 0.6 is 0 Å². The van der Waals surface area contributed by atoms with Crippen molar-refractivity contribution in [1.82, 2.24) is 14.9 Å². The molecule has 1 unspecified atom stereocenters. The van der Waals surface area contributed by atoms with E-state index in [4.69, 9.17) is 0 Å². The number of rotatable bonds is 4. The number of ketones is 1. The quantitative estimate of drug-likeness (QED) is 0.786. The van der Waals surface area contributed by atoms with E-state index in [-0.39, 0.29) is 11.3 Å². The van der Waals surface area contributed by atoms with Crippen molar-refractivity contribution >= 4 is 5.78 Å². The number of imidazole rings is 1. The molecule has 1 atom stereocenters. The van der Waals surface area contributed by atoms with Crippen LogP contribution in [0.1, 0.15) is 43.7 Å². The zero-order chi connectivity index (χ0) is 11.6. The lowest BCUT2D eigenvalue weighted by molar-refractivity contribution is 0.0848. The van der Waals surface area contributed by atoms with Gasteiger partial charge in [0.15, 0.2) is 5.82 Å². The Kier molecular flexibility index (Phi) is 3.10. The van der Waals surface area contributed by atoms with Gasteiger partial charge in [0, 0.05) is 18.9 Å². The third kappa shape index (κ3) is 1.67. The molecule has 16 heavy (non-hydrogen) atoms. The van der Waals surface area contributed by atoms with Gasteiger partial charge < -0.3 is 9.88 Å². The number of aryl methyl sites for hydroxylation is 1. The van der Waals surface area contributed by atoms with Crippen LogP contribution in [0, 0.1) is 0 Å². The molecule has 0 radical (unpaired) electrons. The van der Waals surface area contributed by atoms with Gasteiger partial charge in [0.25, 0.3) is 0 Å². The second kappa shape index (κ2) is 4.37. The van der Waals surface area contributed by atoms with Crippen LogP contribution in [0.3, 0.4) is 0 Å². The summed E-state index contributed by atoms with van der Waals surface area (Å²) in [5, 5.41) is 3.36. The average molecular weight is 221 g/mol. The Balaban J connectivity index is 2.30. The van der Waals surface area contributed by atoms with E-state index in [1.807, 2.05) is 17.7 Å². The molecular weight excluding hydrogens is 202 g/mol. The minimum atomic E-state index is -0.363. The van der Waals surface area contributed by atoms with Crippen LogP contribution in [0.5, 0.6) is 0 Å². The monoisotopic (exact) mass is 221 g/mol. The predicted molar refractivity (Wildman–Crippen MR) is 62.5 cm³/mol. The number of carbonyl (C=O) groups excluding carboxylic acids is 1. The van der Waals surface area contributed by atoms with Gasteiger partial charge in [0.2, 0.25) is 5.78 Å². The lowest BCUT2D eigenvalue weighted by Gasteiger charge is -2.26. The molecule has 0 spiro atoms. The first-order chi connectivity index (χ1) is 7.73. The lowest BCUT2D eigenvalue weighted by atomic mass is 9.88. The molecule has 4 heteroatoms. The van der Waals surface area contributed by atoms with Crippen LogP contribution in [-0.2, 0) is 6.54 Å². The van der Waals surface area contributed by atoms with Crippen molar-refractivity contribution < 1.29 is 4.79 Å². The zero-order valence-corrected chi connectivity index (χ0v) is 9.99. The van der Waals surface area contributed by atoms with E-state index in [1.165, 1.54) is 0 Å². The topological polar surface area (TPSA) is 46.9 Å². The van der Waals surface area contributed by atoms with E-state index in [2.05, 4.69) is 17.2 Å². The highest BCUT2D eigenvalue weighted by molar-refractivity contribution is 6.00. The van der Waals surface area contributed by atoms with Crippen molar-refractivity contribution in [3.63, 3.8) is 0 Å². The Morgan fingerprint density at radius 2 is 2.44 bits per heavy atom. The molecule has 1 saturated heterocycles. The highest BCUT2D eigenvalue weighted by atomic mass is 16.1. The fourth-order valence-corrected chi connectivity index (χ4v) is 2.45. The molecule has 1 fully saturated rings. The van der Waals surface area contributed by atoms with E-state index >= 15 is 0 Å². The largest absolute Gasteiger partial charge is 0.329 e. The van der Waals surface area contributed by atoms with Gasteiger partial charge in [0.1, 0.15) is 0 Å². The fraction of sp³-hybridized carbons (Fsp3) is 0.667. The normalized spacial score (nSPS) is 24.9. The molecule has 4 nitrogen and oxygen atoms in total. The molecule has 0 amide bonds. The molecule has 2 rings (SSSR count). The van der Waals surface area contributed by atoms with Crippen LogP contribution in [0.4, 0.5) is 0 Å². The van der Waals surface area contributed by atoms with Crippen LogP contribution in [0.25, 0.3) is 0 Å². The predicted octanol–water partition coefficient (Wildman–Crippen LogP) is 1.62. The molecule has 1 aliphatic rings. The van der Waals surface area contributed by atoms with Gasteiger partial charge in [-0.25, -0.2) is 4.98 Å². The number of carbonyl (C=O) groups is 1. The number of Topliss-reactive ketones (excluding diaryl/α,β-unsaturated/α-hetero) is 1. The van der Waals surface area contributed by atoms with Gasteiger partial charge in [-0.1, -0.05) is 6.92 Å². The summed E-state index contributed by atoms with van der Waals surface area (Å²) >= 11 is 0. The Morgan fingerprint density at radius 1 is 1.62 bits per heavy atom. The maximum atomic E-state index is 12.5. The average Bonchev–Trinajstić information content (AvgIpc) is 2.97. The molecule has 1 aromatic rings. The highest BCUT2D eigenvalue weighted by Crippen LogP contribution is 2.26. The number of nitrogens with one attached hydrogen (secondary N) is 1. The molecule has 0 aliphatic carbocycles. The molecule has 1 aromatic heterocycles. The highest BCUT2D eigenvalue weighted by Gasteiger charge is 2.41. The summed E-state index contributed by atoms with van der Waals surface area (Å²) in [4.78, 5) is 16.7. The number of aromatic nitrogens is 2. The van der Waals surface area contributed by atoms with Gasteiger partial charge >= 0.3 is 0 Å². The standard InChI is InChI=1S/C12H19N3O/c1-3-12(6-5-7-14-12)10(16)11-13-8-9-15(11)4-2/h8-9,14H,3-7H2,1-2H3. The summed E-state index contributed by atoms with van der Waals surface area (Å²) in [5.41, 5.74) is -0.363. The van der Waals surface area contributed by atoms with Crippen molar-refractivity contribution in [1.29, 1.82) is 0 Å². The summed E-state index contributed by atoms with van der Waals surface area (Å²) in [6.45, 7) is 5.82. The van der Waals surface area contributed by atoms with E-state index in [9.17, 15) is 4.79 Å².